The van der Waals surface area contributed by atoms with Gasteiger partial charge in [-0.25, -0.2) is 0 Å². The Hall–Kier alpha value is -0.440. The minimum atomic E-state index is 0. The van der Waals surface area contributed by atoms with Gasteiger partial charge >= 0.3 is 0 Å². The van der Waals surface area contributed by atoms with Crippen molar-refractivity contribution in [2.75, 3.05) is 6.54 Å². The number of alkyl halides is 1. The van der Waals surface area contributed by atoms with Gasteiger partial charge in [-0.2, -0.15) is 0 Å². The Morgan fingerprint density at radius 3 is 2.61 bits per heavy atom. The Kier molecular flexibility index (Phi) is 6.83. The summed E-state index contributed by atoms with van der Waals surface area (Å²) in [6, 6.07) is 8.51. The van der Waals surface area contributed by atoms with E-state index >= 15 is 0 Å². The van der Waals surface area contributed by atoms with Crippen LogP contribution in [0.1, 0.15) is 31.7 Å². The highest BCUT2D eigenvalue weighted by Crippen LogP contribution is 2.18. The van der Waals surface area contributed by atoms with Crippen LogP contribution in [0, 0.1) is 0 Å². The summed E-state index contributed by atoms with van der Waals surface area (Å²) in [7, 11) is 0. The largest absolute Gasteiger partial charge is 0.489 e. The molecule has 0 radical (unpaired) electrons. The normalized spacial score (nSPS) is 20.9. The van der Waals surface area contributed by atoms with Crippen molar-refractivity contribution >= 4 is 24.0 Å². The maximum Gasteiger partial charge on any atom is 0.119 e. The van der Waals surface area contributed by atoms with Crippen LogP contribution in [0.5, 0.6) is 5.75 Å². The van der Waals surface area contributed by atoms with Gasteiger partial charge in [0.1, 0.15) is 11.9 Å². The molecule has 0 aromatic heterocycles. The third-order valence-electron chi connectivity index (χ3n) is 3.31. The van der Waals surface area contributed by atoms with Gasteiger partial charge in [-0.15, -0.1) is 24.0 Å². The molecular formula is C14H21Cl2NO. The van der Waals surface area contributed by atoms with Crippen molar-refractivity contribution in [2.45, 2.75) is 44.2 Å². The van der Waals surface area contributed by atoms with Gasteiger partial charge in [-0.1, -0.05) is 18.6 Å². The molecule has 0 amide bonds. The van der Waals surface area contributed by atoms with Gasteiger partial charge in [0.25, 0.3) is 0 Å². The molecule has 1 aliphatic heterocycles. The number of nitrogens with one attached hydrogen (secondary N) is 1. The summed E-state index contributed by atoms with van der Waals surface area (Å²) in [4.78, 5) is 0. The molecule has 0 spiro atoms. The van der Waals surface area contributed by atoms with Crippen LogP contribution in [0.15, 0.2) is 24.3 Å². The van der Waals surface area contributed by atoms with Gasteiger partial charge in [0.05, 0.1) is 0 Å². The molecule has 0 saturated carbocycles. The van der Waals surface area contributed by atoms with Crippen LogP contribution in [0.2, 0.25) is 0 Å². The summed E-state index contributed by atoms with van der Waals surface area (Å²) in [5.74, 6) is 1.48. The molecule has 1 fully saturated rings. The van der Waals surface area contributed by atoms with E-state index in [0.29, 0.717) is 11.9 Å². The molecule has 2 rings (SSSR count). The molecule has 1 aromatic rings. The van der Waals surface area contributed by atoms with E-state index in [1.165, 1.54) is 19.3 Å². The van der Waals surface area contributed by atoms with Crippen LogP contribution in [0.4, 0.5) is 0 Å². The zero-order valence-corrected chi connectivity index (χ0v) is 12.3. The molecule has 1 aromatic carbocycles. The molecule has 4 heteroatoms. The van der Waals surface area contributed by atoms with Crippen LogP contribution in [-0.4, -0.2) is 18.7 Å². The zero-order chi connectivity index (χ0) is 12.1. The van der Waals surface area contributed by atoms with Crippen LogP contribution in [-0.2, 0) is 5.88 Å². The van der Waals surface area contributed by atoms with Crippen molar-refractivity contribution in [1.82, 2.24) is 5.32 Å². The van der Waals surface area contributed by atoms with Gasteiger partial charge in [0, 0.05) is 11.9 Å². The molecule has 2 unspecified atom stereocenters. The van der Waals surface area contributed by atoms with Gasteiger partial charge in [-0.05, 0) is 44.0 Å². The topological polar surface area (TPSA) is 21.3 Å². The summed E-state index contributed by atoms with van der Waals surface area (Å²) in [6.45, 7) is 3.25. The van der Waals surface area contributed by atoms with E-state index in [1.54, 1.807) is 0 Å². The lowest BCUT2D eigenvalue weighted by molar-refractivity contribution is 0.152. The second-order valence-corrected chi connectivity index (χ2v) is 4.92. The Balaban J connectivity index is 0.00000162. The van der Waals surface area contributed by atoms with Gasteiger partial charge in [0.2, 0.25) is 0 Å². The SMILES string of the molecule is CC(Oc1ccc(CCl)cc1)C1CCCCN1.Cl. The summed E-state index contributed by atoms with van der Waals surface area (Å²) < 4.78 is 5.95. The number of hydrogen-bond acceptors (Lipinski definition) is 2. The molecule has 2 nitrogen and oxygen atoms in total. The summed E-state index contributed by atoms with van der Waals surface area (Å²) in [6.07, 6.45) is 4.02. The van der Waals surface area contributed by atoms with E-state index in [2.05, 4.69) is 12.2 Å². The zero-order valence-electron chi connectivity index (χ0n) is 10.7. The van der Waals surface area contributed by atoms with E-state index in [9.17, 15) is 0 Å². The molecule has 1 N–H and O–H groups in total. The number of ether oxygens (including phenoxy) is 1. The predicted molar refractivity (Wildman–Crippen MR) is 79.0 cm³/mol. The standard InChI is InChI=1S/C14H20ClNO.ClH/c1-11(14-4-2-3-9-16-14)17-13-7-5-12(10-15)6-8-13;/h5-8,11,14,16H,2-4,9-10H2,1H3;1H. The molecule has 18 heavy (non-hydrogen) atoms. The first kappa shape index (κ1) is 15.6. The molecule has 102 valence electrons. The number of hydrogen-bond donors (Lipinski definition) is 1. The molecule has 1 saturated heterocycles. The first-order chi connectivity index (χ1) is 8.29. The van der Waals surface area contributed by atoms with Crippen molar-refractivity contribution in [2.24, 2.45) is 0 Å². The van der Waals surface area contributed by atoms with E-state index in [1.807, 2.05) is 24.3 Å². The third-order valence-corrected chi connectivity index (χ3v) is 3.62. The molecule has 1 aliphatic rings. The first-order valence-electron chi connectivity index (χ1n) is 6.34. The van der Waals surface area contributed by atoms with E-state index in [4.69, 9.17) is 16.3 Å². The Morgan fingerprint density at radius 2 is 2.06 bits per heavy atom. The fourth-order valence-corrected chi connectivity index (χ4v) is 2.41. The maximum absolute atomic E-state index is 5.95. The lowest BCUT2D eigenvalue weighted by Crippen LogP contribution is -2.44. The fourth-order valence-electron chi connectivity index (χ4n) is 2.23. The average Bonchev–Trinajstić information content (AvgIpc) is 2.40. The minimum Gasteiger partial charge on any atom is -0.489 e. The van der Waals surface area contributed by atoms with Crippen molar-refractivity contribution in [1.29, 1.82) is 0 Å². The Bertz CT molecular complexity index is 336. The summed E-state index contributed by atoms with van der Waals surface area (Å²) >= 11 is 5.76. The highest BCUT2D eigenvalue weighted by Gasteiger charge is 2.20. The number of halogens is 2. The van der Waals surface area contributed by atoms with Crippen molar-refractivity contribution < 1.29 is 4.74 Å². The van der Waals surface area contributed by atoms with Crippen molar-refractivity contribution in [3.8, 4) is 5.75 Å². The molecule has 1 heterocycles. The second-order valence-electron chi connectivity index (χ2n) is 4.66. The lowest BCUT2D eigenvalue weighted by atomic mass is 10.0. The smallest absolute Gasteiger partial charge is 0.119 e. The third kappa shape index (κ3) is 4.34. The van der Waals surface area contributed by atoms with E-state index in [-0.39, 0.29) is 18.5 Å². The number of benzene rings is 1. The van der Waals surface area contributed by atoms with Crippen molar-refractivity contribution in [3.05, 3.63) is 29.8 Å². The number of piperidine rings is 1. The summed E-state index contributed by atoms with van der Waals surface area (Å²) in [5, 5.41) is 3.52. The van der Waals surface area contributed by atoms with Gasteiger partial charge < -0.3 is 10.1 Å². The molecular weight excluding hydrogens is 269 g/mol. The monoisotopic (exact) mass is 289 g/mol. The highest BCUT2D eigenvalue weighted by atomic mass is 35.5. The quantitative estimate of drug-likeness (QED) is 0.853. The van der Waals surface area contributed by atoms with Crippen LogP contribution in [0.3, 0.4) is 0 Å². The lowest BCUT2D eigenvalue weighted by Gasteiger charge is -2.29. The summed E-state index contributed by atoms with van der Waals surface area (Å²) in [5.41, 5.74) is 1.13. The minimum absolute atomic E-state index is 0. The Labute approximate surface area is 120 Å². The second kappa shape index (κ2) is 7.88. The van der Waals surface area contributed by atoms with Crippen LogP contribution in [0.25, 0.3) is 0 Å². The van der Waals surface area contributed by atoms with E-state index in [0.717, 1.165) is 17.9 Å². The average molecular weight is 290 g/mol. The predicted octanol–water partition coefficient (Wildman–Crippen LogP) is 3.76. The van der Waals surface area contributed by atoms with Crippen LogP contribution < -0.4 is 10.1 Å². The maximum atomic E-state index is 5.95. The molecule has 2 atom stereocenters. The Morgan fingerprint density at radius 1 is 1.33 bits per heavy atom. The van der Waals surface area contributed by atoms with Gasteiger partial charge in [-0.3, -0.25) is 0 Å². The molecule has 0 aliphatic carbocycles. The first-order valence-corrected chi connectivity index (χ1v) is 6.88. The fraction of sp³-hybridized carbons (Fsp3) is 0.571. The molecule has 0 bridgehead atoms. The number of rotatable bonds is 4. The van der Waals surface area contributed by atoms with Crippen molar-refractivity contribution in [3.63, 3.8) is 0 Å². The highest BCUT2D eigenvalue weighted by molar-refractivity contribution is 6.17. The van der Waals surface area contributed by atoms with Crippen LogP contribution >= 0.6 is 24.0 Å². The van der Waals surface area contributed by atoms with Gasteiger partial charge in [0.15, 0.2) is 0 Å². The van der Waals surface area contributed by atoms with E-state index < -0.39 is 0 Å².